The Morgan fingerprint density at radius 1 is 1.35 bits per heavy atom. The zero-order valence-electron chi connectivity index (χ0n) is 10.4. The van der Waals surface area contributed by atoms with E-state index in [-0.39, 0.29) is 0 Å². The molecular weight excluding hydrogens is 236 g/mol. The van der Waals surface area contributed by atoms with E-state index in [0.29, 0.717) is 0 Å². The Morgan fingerprint density at radius 2 is 2.06 bits per heavy atom. The number of rotatable bonds is 3. The Hall–Kier alpha value is -0.930. The van der Waals surface area contributed by atoms with Gasteiger partial charge in [-0.25, -0.2) is 0 Å². The first-order chi connectivity index (χ1) is 8.26. The van der Waals surface area contributed by atoms with Crippen LogP contribution in [-0.2, 0) is 6.42 Å². The van der Waals surface area contributed by atoms with Crippen LogP contribution in [-0.4, -0.2) is 33.3 Å². The summed E-state index contributed by atoms with van der Waals surface area (Å²) >= 11 is 6.21. The minimum Gasteiger partial charge on any atom is -0.495 e. The zero-order chi connectivity index (χ0) is 12.3. The molecule has 3 nitrogen and oxygen atoms in total. The van der Waals surface area contributed by atoms with Crippen LogP contribution in [0.1, 0.15) is 12.5 Å². The first-order valence-corrected chi connectivity index (χ1v) is 6.46. The lowest BCUT2D eigenvalue weighted by atomic mass is 10.1. The smallest absolute Gasteiger partial charge is 0.143 e. The van der Waals surface area contributed by atoms with Gasteiger partial charge in [-0.1, -0.05) is 18.5 Å². The highest BCUT2D eigenvalue weighted by Gasteiger charge is 2.16. The first-order valence-electron chi connectivity index (χ1n) is 6.08. The van der Waals surface area contributed by atoms with Crippen LogP contribution in [0.2, 0.25) is 5.02 Å². The predicted octanol–water partition coefficient (Wildman–Crippen LogP) is 2.32. The van der Waals surface area contributed by atoms with Crippen LogP contribution in [0, 0.1) is 0 Å². The number of hydrogen-bond donors (Lipinski definition) is 1. The monoisotopic (exact) mass is 254 g/mol. The molecule has 0 bridgehead atoms. The number of hydrogen-bond acceptors (Lipinski definition) is 3. The third-order valence-corrected chi connectivity index (χ3v) is 3.54. The Labute approximate surface area is 108 Å². The molecule has 94 valence electrons. The average molecular weight is 255 g/mol. The molecule has 0 radical (unpaired) electrons. The van der Waals surface area contributed by atoms with Crippen molar-refractivity contribution < 1.29 is 4.74 Å². The average Bonchev–Trinajstić information content (AvgIpc) is 2.39. The number of halogens is 1. The molecule has 0 atom stereocenters. The molecule has 2 rings (SSSR count). The normalized spacial score (nSPS) is 16.1. The Kier molecular flexibility index (Phi) is 4.13. The number of anilines is 1. The Bertz CT molecular complexity index is 389. The SMILES string of the molecule is CCc1cc(N2CCNCC2)c(OC)cc1Cl. The highest BCUT2D eigenvalue weighted by Crippen LogP contribution is 2.34. The zero-order valence-corrected chi connectivity index (χ0v) is 11.2. The lowest BCUT2D eigenvalue weighted by Gasteiger charge is -2.31. The summed E-state index contributed by atoms with van der Waals surface area (Å²) in [5.41, 5.74) is 2.34. The van der Waals surface area contributed by atoms with Gasteiger partial charge in [0.1, 0.15) is 5.75 Å². The van der Waals surface area contributed by atoms with Gasteiger partial charge in [0.05, 0.1) is 12.8 Å². The molecule has 0 aromatic heterocycles. The molecule has 1 aliphatic heterocycles. The van der Waals surface area contributed by atoms with Crippen molar-refractivity contribution in [3.05, 3.63) is 22.7 Å². The third-order valence-electron chi connectivity index (χ3n) is 3.19. The van der Waals surface area contributed by atoms with Gasteiger partial charge in [0.15, 0.2) is 0 Å². The molecule has 1 N–H and O–H groups in total. The maximum atomic E-state index is 6.21. The van der Waals surface area contributed by atoms with Crippen molar-refractivity contribution in [3.63, 3.8) is 0 Å². The molecule has 1 aromatic rings. The molecule has 0 spiro atoms. The van der Waals surface area contributed by atoms with E-state index in [1.54, 1.807) is 7.11 Å². The summed E-state index contributed by atoms with van der Waals surface area (Å²) in [4.78, 5) is 2.35. The number of piperazine rings is 1. The Morgan fingerprint density at radius 3 is 2.65 bits per heavy atom. The fraction of sp³-hybridized carbons (Fsp3) is 0.538. The number of ether oxygens (including phenoxy) is 1. The molecule has 0 amide bonds. The van der Waals surface area contributed by atoms with E-state index in [1.165, 1.54) is 5.56 Å². The summed E-state index contributed by atoms with van der Waals surface area (Å²) in [7, 11) is 1.70. The molecule has 1 aliphatic rings. The summed E-state index contributed by atoms with van der Waals surface area (Å²) < 4.78 is 5.43. The van der Waals surface area contributed by atoms with Crippen molar-refractivity contribution in [1.29, 1.82) is 0 Å². The van der Waals surface area contributed by atoms with Crippen LogP contribution < -0.4 is 15.0 Å². The van der Waals surface area contributed by atoms with E-state index in [0.717, 1.165) is 49.1 Å². The first kappa shape index (κ1) is 12.5. The number of nitrogens with zero attached hydrogens (tertiary/aromatic N) is 1. The van der Waals surface area contributed by atoms with E-state index in [4.69, 9.17) is 16.3 Å². The lowest BCUT2D eigenvalue weighted by Crippen LogP contribution is -2.43. The number of nitrogens with one attached hydrogen (secondary N) is 1. The molecule has 1 saturated heterocycles. The summed E-state index contributed by atoms with van der Waals surface area (Å²) in [5, 5.41) is 4.15. The van der Waals surface area contributed by atoms with Gasteiger partial charge in [-0.05, 0) is 18.1 Å². The fourth-order valence-electron chi connectivity index (χ4n) is 2.17. The third kappa shape index (κ3) is 2.67. The molecule has 1 heterocycles. The van der Waals surface area contributed by atoms with Crippen LogP contribution in [0.3, 0.4) is 0 Å². The molecule has 1 fully saturated rings. The highest BCUT2D eigenvalue weighted by atomic mass is 35.5. The second-order valence-corrected chi connectivity index (χ2v) is 4.61. The van der Waals surface area contributed by atoms with Gasteiger partial charge in [0, 0.05) is 37.3 Å². The van der Waals surface area contributed by atoms with Crippen LogP contribution in [0.5, 0.6) is 5.75 Å². The topological polar surface area (TPSA) is 24.5 Å². The van der Waals surface area contributed by atoms with Gasteiger partial charge in [0.2, 0.25) is 0 Å². The molecule has 4 heteroatoms. The standard InChI is InChI=1S/C13H19ClN2O/c1-3-10-8-12(13(17-2)9-11(10)14)16-6-4-15-5-7-16/h8-9,15H,3-7H2,1-2H3. The lowest BCUT2D eigenvalue weighted by molar-refractivity contribution is 0.413. The molecule has 1 aromatic carbocycles. The summed E-state index contributed by atoms with van der Waals surface area (Å²) in [6.45, 7) is 6.19. The van der Waals surface area contributed by atoms with E-state index in [2.05, 4.69) is 23.2 Å². The highest BCUT2D eigenvalue weighted by molar-refractivity contribution is 6.31. The van der Waals surface area contributed by atoms with E-state index in [1.807, 2.05) is 6.07 Å². The van der Waals surface area contributed by atoms with Crippen molar-refractivity contribution in [2.75, 3.05) is 38.2 Å². The quantitative estimate of drug-likeness (QED) is 0.896. The summed E-state index contributed by atoms with van der Waals surface area (Å²) in [6.07, 6.45) is 0.946. The summed E-state index contributed by atoms with van der Waals surface area (Å²) in [6, 6.07) is 4.09. The Balaban J connectivity index is 2.35. The largest absolute Gasteiger partial charge is 0.495 e. The van der Waals surface area contributed by atoms with E-state index < -0.39 is 0 Å². The van der Waals surface area contributed by atoms with Crippen molar-refractivity contribution in [2.24, 2.45) is 0 Å². The van der Waals surface area contributed by atoms with Gasteiger partial charge in [-0.3, -0.25) is 0 Å². The van der Waals surface area contributed by atoms with Crippen molar-refractivity contribution >= 4 is 17.3 Å². The fourth-order valence-corrected chi connectivity index (χ4v) is 2.46. The van der Waals surface area contributed by atoms with Crippen LogP contribution >= 0.6 is 11.6 Å². The second-order valence-electron chi connectivity index (χ2n) is 4.21. The van der Waals surface area contributed by atoms with Gasteiger partial charge < -0.3 is 15.0 Å². The molecule has 0 saturated carbocycles. The molecular formula is C13H19ClN2O. The van der Waals surface area contributed by atoms with E-state index in [9.17, 15) is 0 Å². The van der Waals surface area contributed by atoms with Crippen molar-refractivity contribution in [1.82, 2.24) is 5.32 Å². The minimum atomic E-state index is 0.795. The van der Waals surface area contributed by atoms with Gasteiger partial charge in [-0.15, -0.1) is 0 Å². The van der Waals surface area contributed by atoms with Gasteiger partial charge in [0.25, 0.3) is 0 Å². The van der Waals surface area contributed by atoms with Crippen molar-refractivity contribution in [2.45, 2.75) is 13.3 Å². The van der Waals surface area contributed by atoms with Crippen LogP contribution in [0.4, 0.5) is 5.69 Å². The van der Waals surface area contributed by atoms with Crippen LogP contribution in [0.25, 0.3) is 0 Å². The summed E-state index contributed by atoms with van der Waals surface area (Å²) in [5.74, 6) is 0.870. The molecule has 17 heavy (non-hydrogen) atoms. The maximum Gasteiger partial charge on any atom is 0.143 e. The van der Waals surface area contributed by atoms with Gasteiger partial charge >= 0.3 is 0 Å². The maximum absolute atomic E-state index is 6.21. The number of aryl methyl sites for hydroxylation is 1. The predicted molar refractivity (Wildman–Crippen MR) is 72.5 cm³/mol. The number of methoxy groups -OCH3 is 1. The van der Waals surface area contributed by atoms with E-state index >= 15 is 0 Å². The number of benzene rings is 1. The molecule has 0 aliphatic carbocycles. The minimum absolute atomic E-state index is 0.795. The second kappa shape index (κ2) is 5.61. The van der Waals surface area contributed by atoms with Crippen LogP contribution in [0.15, 0.2) is 12.1 Å². The molecule has 0 unspecified atom stereocenters. The van der Waals surface area contributed by atoms with Crippen molar-refractivity contribution in [3.8, 4) is 5.75 Å². The van der Waals surface area contributed by atoms with Gasteiger partial charge in [-0.2, -0.15) is 0 Å².